The molecule has 0 saturated heterocycles. The van der Waals surface area contributed by atoms with Crippen molar-refractivity contribution in [3.05, 3.63) is 11.4 Å². The monoisotopic (exact) mass is 129 g/mol. The molecule has 0 aromatic rings. The van der Waals surface area contributed by atoms with Gasteiger partial charge in [0.15, 0.2) is 6.67 Å². The maximum Gasteiger partial charge on any atom is 0.251 e. The van der Waals surface area contributed by atoms with Crippen LogP contribution in [0.1, 0.15) is 20.3 Å². The molecule has 2 heteroatoms. The maximum atomic E-state index is 11.8. The first-order valence-electron chi connectivity index (χ1n) is 3.13. The van der Waals surface area contributed by atoms with E-state index in [1.54, 1.807) is 0 Å². The molecule has 0 heterocycles. The van der Waals surface area contributed by atoms with E-state index < -0.39 is 12.7 Å². The Morgan fingerprint density at radius 1 is 1.56 bits per heavy atom. The van der Waals surface area contributed by atoms with Gasteiger partial charge >= 0.3 is 0 Å². The Morgan fingerprint density at radius 3 is 2.22 bits per heavy atom. The van der Waals surface area contributed by atoms with Gasteiger partial charge in [0.1, 0.15) is 0 Å². The third-order valence-electron chi connectivity index (χ3n) is 1.10. The number of hydrogen-bond donors (Lipinski definition) is 0. The number of nitrogens with zero attached hydrogens (tertiary/aromatic N) is 1. The molecule has 0 aromatic carbocycles. The summed E-state index contributed by atoms with van der Waals surface area (Å²) >= 11 is 0. The minimum atomic E-state index is -0.498. The van der Waals surface area contributed by atoms with Crippen LogP contribution in [0, 0.1) is 12.5 Å². The van der Waals surface area contributed by atoms with Gasteiger partial charge in [-0.1, -0.05) is 13.8 Å². The Balaban J connectivity index is 3.47. The quantitative estimate of drug-likeness (QED) is 0.515. The molecule has 52 valence electrons. The molecule has 0 rings (SSSR count). The van der Waals surface area contributed by atoms with Crippen molar-refractivity contribution in [3.63, 3.8) is 0 Å². The second-order valence-corrected chi connectivity index (χ2v) is 2.57. The van der Waals surface area contributed by atoms with Crippen molar-refractivity contribution in [2.24, 2.45) is 5.92 Å². The van der Waals surface area contributed by atoms with Crippen LogP contribution < -0.4 is 0 Å². The van der Waals surface area contributed by atoms with Crippen molar-refractivity contribution < 1.29 is 4.39 Å². The van der Waals surface area contributed by atoms with E-state index in [9.17, 15) is 4.39 Å². The van der Waals surface area contributed by atoms with Gasteiger partial charge in [-0.3, -0.25) is 0 Å². The van der Waals surface area contributed by atoms with E-state index in [2.05, 4.69) is 4.85 Å². The minimum absolute atomic E-state index is 0.398. The number of alkyl halides is 1. The van der Waals surface area contributed by atoms with Gasteiger partial charge < -0.3 is 4.85 Å². The fraction of sp³-hybridized carbons (Fsp3) is 0.857. The molecule has 1 atom stereocenters. The number of rotatable bonds is 3. The van der Waals surface area contributed by atoms with Crippen LogP contribution >= 0.6 is 0 Å². The van der Waals surface area contributed by atoms with Gasteiger partial charge in [-0.05, 0) is 5.92 Å². The van der Waals surface area contributed by atoms with Gasteiger partial charge in [-0.2, -0.15) is 0 Å². The van der Waals surface area contributed by atoms with Gasteiger partial charge in [0.05, 0.1) is 0 Å². The second-order valence-electron chi connectivity index (χ2n) is 2.57. The first-order valence-corrected chi connectivity index (χ1v) is 3.13. The van der Waals surface area contributed by atoms with E-state index in [0.29, 0.717) is 12.3 Å². The average Bonchev–Trinajstić information content (AvgIpc) is 1.82. The zero-order valence-corrected chi connectivity index (χ0v) is 5.89. The Bertz CT molecular complexity index is 104. The van der Waals surface area contributed by atoms with E-state index in [0.717, 1.165) is 0 Å². The fourth-order valence-corrected chi connectivity index (χ4v) is 0.694. The van der Waals surface area contributed by atoms with Gasteiger partial charge in [0.2, 0.25) is 0 Å². The first kappa shape index (κ1) is 8.42. The molecule has 0 radical (unpaired) electrons. The van der Waals surface area contributed by atoms with E-state index in [4.69, 9.17) is 6.57 Å². The highest BCUT2D eigenvalue weighted by Crippen LogP contribution is 2.07. The number of halogens is 1. The van der Waals surface area contributed by atoms with Gasteiger partial charge in [0.25, 0.3) is 6.04 Å². The highest BCUT2D eigenvalue weighted by Gasteiger charge is 2.12. The standard InChI is InChI=1S/C7H12FN/c1-6(2)4-7(5-8)9-3/h6-7H,4-5H2,1-2H3. The minimum Gasteiger partial charge on any atom is -0.311 e. The zero-order valence-electron chi connectivity index (χ0n) is 5.89. The van der Waals surface area contributed by atoms with Crippen LogP contribution in [0.2, 0.25) is 0 Å². The summed E-state index contributed by atoms with van der Waals surface area (Å²) in [6.45, 7) is 10.0. The Labute approximate surface area is 55.7 Å². The third kappa shape index (κ3) is 3.96. The van der Waals surface area contributed by atoms with Crippen molar-refractivity contribution in [1.82, 2.24) is 0 Å². The molecule has 1 unspecified atom stereocenters. The molecule has 0 aliphatic carbocycles. The highest BCUT2D eigenvalue weighted by molar-refractivity contribution is 4.78. The first-order chi connectivity index (χ1) is 4.20. The number of hydrogen-bond acceptors (Lipinski definition) is 0. The van der Waals surface area contributed by atoms with E-state index in [1.165, 1.54) is 0 Å². The summed E-state index contributed by atoms with van der Waals surface area (Å²) < 4.78 is 11.8. The van der Waals surface area contributed by atoms with Crippen molar-refractivity contribution in [2.45, 2.75) is 26.3 Å². The SMILES string of the molecule is [C-]#[N+]C(CF)CC(C)C. The van der Waals surface area contributed by atoms with Crippen LogP contribution in [-0.2, 0) is 0 Å². The van der Waals surface area contributed by atoms with E-state index in [1.807, 2.05) is 13.8 Å². The Hall–Kier alpha value is -0.580. The van der Waals surface area contributed by atoms with Gasteiger partial charge in [0, 0.05) is 6.42 Å². The predicted molar refractivity (Wildman–Crippen MR) is 35.8 cm³/mol. The normalized spacial score (nSPS) is 13.2. The Morgan fingerprint density at radius 2 is 2.11 bits per heavy atom. The molecule has 0 aromatic heterocycles. The Kier molecular flexibility index (Phi) is 4.04. The lowest BCUT2D eigenvalue weighted by Gasteiger charge is -2.02. The molecule has 0 amide bonds. The summed E-state index contributed by atoms with van der Waals surface area (Å²) in [5, 5.41) is 0. The molecule has 0 bridgehead atoms. The largest absolute Gasteiger partial charge is 0.311 e. The smallest absolute Gasteiger partial charge is 0.251 e. The summed E-state index contributed by atoms with van der Waals surface area (Å²) in [6, 6.07) is -0.398. The second kappa shape index (κ2) is 4.31. The molecule has 0 N–H and O–H groups in total. The summed E-state index contributed by atoms with van der Waals surface area (Å²) in [5.41, 5.74) is 0. The predicted octanol–water partition coefficient (Wildman–Crippen LogP) is 2.29. The lowest BCUT2D eigenvalue weighted by atomic mass is 10.1. The summed E-state index contributed by atoms with van der Waals surface area (Å²) in [4.78, 5) is 3.12. The third-order valence-corrected chi connectivity index (χ3v) is 1.10. The maximum absolute atomic E-state index is 11.8. The summed E-state index contributed by atoms with van der Waals surface area (Å²) in [7, 11) is 0. The topological polar surface area (TPSA) is 4.36 Å². The molecule has 0 saturated carbocycles. The molecule has 0 aliphatic rings. The average molecular weight is 129 g/mol. The van der Waals surface area contributed by atoms with Crippen LogP contribution in [0.15, 0.2) is 0 Å². The molecule has 1 nitrogen and oxygen atoms in total. The van der Waals surface area contributed by atoms with Gasteiger partial charge in [-0.25, -0.2) is 11.0 Å². The van der Waals surface area contributed by atoms with E-state index >= 15 is 0 Å². The molecule has 0 aliphatic heterocycles. The highest BCUT2D eigenvalue weighted by atomic mass is 19.1. The van der Waals surface area contributed by atoms with Crippen LogP contribution in [0.3, 0.4) is 0 Å². The van der Waals surface area contributed by atoms with Crippen LogP contribution in [0.4, 0.5) is 4.39 Å². The summed E-state index contributed by atoms with van der Waals surface area (Å²) in [5.74, 6) is 0.430. The molecular weight excluding hydrogens is 117 g/mol. The fourth-order valence-electron chi connectivity index (χ4n) is 0.694. The van der Waals surface area contributed by atoms with Crippen LogP contribution in [-0.4, -0.2) is 12.7 Å². The summed E-state index contributed by atoms with van der Waals surface area (Å²) in [6.07, 6.45) is 0.681. The molecular formula is C7H12FN. The molecule has 9 heavy (non-hydrogen) atoms. The lowest BCUT2D eigenvalue weighted by Crippen LogP contribution is -2.07. The van der Waals surface area contributed by atoms with Crippen molar-refractivity contribution in [2.75, 3.05) is 6.67 Å². The van der Waals surface area contributed by atoms with Crippen LogP contribution in [0.25, 0.3) is 4.85 Å². The van der Waals surface area contributed by atoms with E-state index in [-0.39, 0.29) is 0 Å². The van der Waals surface area contributed by atoms with Gasteiger partial charge in [-0.15, -0.1) is 0 Å². The molecule has 0 fully saturated rings. The van der Waals surface area contributed by atoms with Crippen molar-refractivity contribution in [3.8, 4) is 0 Å². The zero-order chi connectivity index (χ0) is 7.28. The lowest BCUT2D eigenvalue weighted by molar-refractivity contribution is 0.411. The van der Waals surface area contributed by atoms with Crippen molar-refractivity contribution in [1.29, 1.82) is 0 Å². The van der Waals surface area contributed by atoms with Crippen LogP contribution in [0.5, 0.6) is 0 Å². The molecule has 0 spiro atoms. The van der Waals surface area contributed by atoms with Crippen molar-refractivity contribution >= 4 is 0 Å².